The van der Waals surface area contributed by atoms with E-state index < -0.39 is 0 Å². The van der Waals surface area contributed by atoms with Crippen LogP contribution in [0.25, 0.3) is 11.3 Å². The van der Waals surface area contributed by atoms with Gasteiger partial charge in [0.05, 0.1) is 0 Å². The molecule has 0 aliphatic carbocycles. The van der Waals surface area contributed by atoms with Gasteiger partial charge in [-0.25, -0.2) is 0 Å². The van der Waals surface area contributed by atoms with Gasteiger partial charge in [0, 0.05) is 30.2 Å². The lowest BCUT2D eigenvalue weighted by molar-refractivity contribution is 0.0777. The van der Waals surface area contributed by atoms with Crippen molar-refractivity contribution in [3.8, 4) is 11.3 Å². The monoisotopic (exact) mass is 291 g/mol. The molecule has 0 bridgehead atoms. The SMILES string of the molecule is O=C(c1snnc1-c1ccccc1)N1CCSCC1. The maximum absolute atomic E-state index is 12.5. The van der Waals surface area contributed by atoms with Crippen LogP contribution >= 0.6 is 23.3 Å². The standard InChI is InChI=1S/C13H13N3OS2/c17-13(16-6-8-18-9-7-16)12-11(14-15-19-12)10-4-2-1-3-5-10/h1-5H,6-9H2. The topological polar surface area (TPSA) is 46.1 Å². The van der Waals surface area contributed by atoms with Gasteiger partial charge in [-0.1, -0.05) is 34.8 Å². The molecule has 1 amide bonds. The fraction of sp³-hybridized carbons (Fsp3) is 0.308. The maximum atomic E-state index is 12.5. The van der Waals surface area contributed by atoms with Crippen molar-refractivity contribution >= 4 is 29.2 Å². The highest BCUT2D eigenvalue weighted by atomic mass is 32.2. The van der Waals surface area contributed by atoms with Crippen molar-refractivity contribution in [2.24, 2.45) is 0 Å². The van der Waals surface area contributed by atoms with Gasteiger partial charge in [0.1, 0.15) is 10.6 Å². The van der Waals surface area contributed by atoms with Crippen LogP contribution in [0.1, 0.15) is 9.67 Å². The molecule has 1 aliphatic heterocycles. The number of amides is 1. The van der Waals surface area contributed by atoms with Crippen molar-refractivity contribution in [3.63, 3.8) is 0 Å². The van der Waals surface area contributed by atoms with Gasteiger partial charge in [-0.3, -0.25) is 4.79 Å². The number of nitrogens with zero attached hydrogens (tertiary/aromatic N) is 3. The van der Waals surface area contributed by atoms with E-state index in [1.165, 1.54) is 11.5 Å². The molecular weight excluding hydrogens is 278 g/mol. The van der Waals surface area contributed by atoms with Crippen LogP contribution in [0, 0.1) is 0 Å². The molecule has 0 radical (unpaired) electrons. The highest BCUT2D eigenvalue weighted by Gasteiger charge is 2.24. The van der Waals surface area contributed by atoms with E-state index in [0.29, 0.717) is 10.6 Å². The first-order valence-corrected chi connectivity index (χ1v) is 8.04. The van der Waals surface area contributed by atoms with E-state index in [2.05, 4.69) is 9.59 Å². The Labute approximate surface area is 120 Å². The third-order valence-electron chi connectivity index (χ3n) is 3.03. The lowest BCUT2D eigenvalue weighted by Gasteiger charge is -2.25. The van der Waals surface area contributed by atoms with Crippen molar-refractivity contribution < 1.29 is 4.79 Å². The summed E-state index contributed by atoms with van der Waals surface area (Å²) in [5, 5.41) is 4.12. The fourth-order valence-corrected chi connectivity index (χ4v) is 3.59. The normalized spacial score (nSPS) is 15.5. The molecule has 0 N–H and O–H groups in total. The lowest BCUT2D eigenvalue weighted by Crippen LogP contribution is -2.37. The van der Waals surface area contributed by atoms with Gasteiger partial charge in [0.2, 0.25) is 0 Å². The summed E-state index contributed by atoms with van der Waals surface area (Å²) in [5.74, 6) is 2.09. The number of aromatic nitrogens is 2. The zero-order valence-electron chi connectivity index (χ0n) is 10.3. The minimum atomic E-state index is 0.0640. The lowest BCUT2D eigenvalue weighted by atomic mass is 10.1. The molecular formula is C13H13N3OS2. The molecule has 98 valence electrons. The number of carbonyl (C=O) groups is 1. The van der Waals surface area contributed by atoms with Gasteiger partial charge < -0.3 is 4.90 Å². The van der Waals surface area contributed by atoms with Gasteiger partial charge in [0.25, 0.3) is 5.91 Å². The van der Waals surface area contributed by atoms with Crippen LogP contribution in [-0.2, 0) is 0 Å². The Kier molecular flexibility index (Phi) is 3.79. The predicted octanol–water partition coefficient (Wildman–Crippen LogP) is 2.39. The van der Waals surface area contributed by atoms with Gasteiger partial charge >= 0.3 is 0 Å². The van der Waals surface area contributed by atoms with E-state index in [9.17, 15) is 4.79 Å². The summed E-state index contributed by atoms with van der Waals surface area (Å²) in [5.41, 5.74) is 1.65. The summed E-state index contributed by atoms with van der Waals surface area (Å²) in [6.45, 7) is 1.63. The molecule has 4 nitrogen and oxygen atoms in total. The van der Waals surface area contributed by atoms with Crippen LogP contribution < -0.4 is 0 Å². The van der Waals surface area contributed by atoms with Gasteiger partial charge in [-0.05, 0) is 11.5 Å². The molecule has 1 fully saturated rings. The largest absolute Gasteiger partial charge is 0.336 e. The van der Waals surface area contributed by atoms with Crippen LogP contribution in [0.15, 0.2) is 30.3 Å². The molecule has 3 rings (SSSR count). The molecule has 0 spiro atoms. The van der Waals surface area contributed by atoms with E-state index in [1.54, 1.807) is 0 Å². The number of thioether (sulfide) groups is 1. The third kappa shape index (κ3) is 2.64. The van der Waals surface area contributed by atoms with Crippen molar-refractivity contribution in [2.75, 3.05) is 24.6 Å². The van der Waals surface area contributed by atoms with Crippen molar-refractivity contribution in [2.45, 2.75) is 0 Å². The number of rotatable bonds is 2. The highest BCUT2D eigenvalue weighted by Crippen LogP contribution is 2.25. The summed E-state index contributed by atoms with van der Waals surface area (Å²) < 4.78 is 3.95. The number of benzene rings is 1. The number of hydrogen-bond acceptors (Lipinski definition) is 5. The average Bonchev–Trinajstić information content (AvgIpc) is 2.98. The van der Waals surface area contributed by atoms with Gasteiger partial charge in [-0.15, -0.1) is 5.10 Å². The van der Waals surface area contributed by atoms with E-state index >= 15 is 0 Å². The molecule has 0 unspecified atom stereocenters. The molecule has 1 aromatic heterocycles. The molecule has 2 aromatic rings. The first-order valence-electron chi connectivity index (χ1n) is 6.11. The minimum Gasteiger partial charge on any atom is -0.336 e. The molecule has 1 saturated heterocycles. The van der Waals surface area contributed by atoms with Crippen molar-refractivity contribution in [1.82, 2.24) is 14.5 Å². The van der Waals surface area contributed by atoms with E-state index in [0.717, 1.165) is 30.2 Å². The number of carbonyl (C=O) groups excluding carboxylic acids is 1. The Hall–Kier alpha value is -1.40. The zero-order chi connectivity index (χ0) is 13.1. The van der Waals surface area contributed by atoms with E-state index in [-0.39, 0.29) is 5.91 Å². The second-order valence-electron chi connectivity index (χ2n) is 4.22. The van der Waals surface area contributed by atoms with Crippen molar-refractivity contribution in [1.29, 1.82) is 0 Å². The van der Waals surface area contributed by atoms with Gasteiger partial charge in [-0.2, -0.15) is 11.8 Å². The fourth-order valence-electron chi connectivity index (χ4n) is 2.03. The quantitative estimate of drug-likeness (QED) is 0.852. The Bertz CT molecular complexity index is 564. The first-order chi connectivity index (χ1) is 9.36. The summed E-state index contributed by atoms with van der Waals surface area (Å²) >= 11 is 3.08. The predicted molar refractivity (Wildman–Crippen MR) is 78.6 cm³/mol. The van der Waals surface area contributed by atoms with Crippen molar-refractivity contribution in [3.05, 3.63) is 35.2 Å². The Morgan fingerprint density at radius 3 is 2.63 bits per heavy atom. The zero-order valence-corrected chi connectivity index (χ0v) is 11.9. The molecule has 19 heavy (non-hydrogen) atoms. The minimum absolute atomic E-state index is 0.0640. The Morgan fingerprint density at radius 1 is 1.16 bits per heavy atom. The molecule has 6 heteroatoms. The van der Waals surface area contributed by atoms with E-state index in [1.807, 2.05) is 47.0 Å². The first kappa shape index (κ1) is 12.6. The van der Waals surface area contributed by atoms with Crippen LogP contribution in [-0.4, -0.2) is 45.0 Å². The summed E-state index contributed by atoms with van der Waals surface area (Å²) in [6, 6.07) is 9.76. The summed E-state index contributed by atoms with van der Waals surface area (Å²) in [4.78, 5) is 15.1. The molecule has 1 aromatic carbocycles. The summed E-state index contributed by atoms with van der Waals surface area (Å²) in [6.07, 6.45) is 0. The van der Waals surface area contributed by atoms with Crippen LogP contribution in [0.4, 0.5) is 0 Å². The second-order valence-corrected chi connectivity index (χ2v) is 6.20. The van der Waals surface area contributed by atoms with Crippen LogP contribution in [0.3, 0.4) is 0 Å². The Balaban J connectivity index is 1.89. The molecule has 0 saturated carbocycles. The maximum Gasteiger partial charge on any atom is 0.267 e. The highest BCUT2D eigenvalue weighted by molar-refractivity contribution is 7.99. The Morgan fingerprint density at radius 2 is 1.89 bits per heavy atom. The second kappa shape index (κ2) is 5.71. The van der Waals surface area contributed by atoms with E-state index in [4.69, 9.17) is 0 Å². The van der Waals surface area contributed by atoms with Gasteiger partial charge in [0.15, 0.2) is 0 Å². The molecule has 0 atom stereocenters. The third-order valence-corrected chi connectivity index (χ3v) is 4.68. The summed E-state index contributed by atoms with van der Waals surface area (Å²) in [7, 11) is 0. The molecule has 2 heterocycles. The average molecular weight is 291 g/mol. The number of hydrogen-bond donors (Lipinski definition) is 0. The van der Waals surface area contributed by atoms with Crippen LogP contribution in [0.5, 0.6) is 0 Å². The van der Waals surface area contributed by atoms with Crippen LogP contribution in [0.2, 0.25) is 0 Å². The molecule has 1 aliphatic rings. The smallest absolute Gasteiger partial charge is 0.267 e.